The predicted molar refractivity (Wildman–Crippen MR) is 119 cm³/mol. The van der Waals surface area contributed by atoms with Gasteiger partial charge in [0.25, 0.3) is 11.8 Å². The highest BCUT2D eigenvalue weighted by molar-refractivity contribution is 8.00. The first-order valence-corrected chi connectivity index (χ1v) is 12.0. The number of β-lactam (4-membered cyclic amide) rings is 1. The molecule has 0 spiro atoms. The minimum Gasteiger partial charge on any atom is -0.543 e. The number of carboxylic acid groups (broad SMARTS) is 1. The van der Waals surface area contributed by atoms with Crippen LogP contribution in [0.1, 0.15) is 11.4 Å². The number of rotatable bonds is 8. The Morgan fingerprint density at radius 1 is 1.46 bits per heavy atom. The topological polar surface area (TPSA) is 154 Å². The van der Waals surface area contributed by atoms with Crippen LogP contribution in [0.4, 0.5) is 13.9 Å². The average molecular weight is 525 g/mol. The standard InChI is InChI=1S/C20H18F2N6O5S2/c1-9-4-2-3-5-27(9)6-10-7-34-17-13(16(30)28(17)14(10)18(31)32)25-15(29)12(26-33-19(21)22)11-8-35-20(23)24-11/h2-5,8,13,17,19H,6-7H2,1H3,(H3-,23,24,25,29,31,32)/t13?,17-/m0/s1. The number of nitrogen functional groups attached to an aromatic ring is 1. The molecule has 2 aliphatic heterocycles. The highest BCUT2D eigenvalue weighted by Gasteiger charge is 2.53. The number of aryl methyl sites for hydroxylation is 1. The molecule has 2 aromatic heterocycles. The van der Waals surface area contributed by atoms with Crippen molar-refractivity contribution in [3.8, 4) is 0 Å². The molecule has 15 heteroatoms. The number of amides is 2. The maximum Gasteiger partial charge on any atom is 0.407 e. The second kappa shape index (κ2) is 9.95. The zero-order chi connectivity index (χ0) is 25.3. The molecule has 4 rings (SSSR count). The molecule has 3 N–H and O–H groups in total. The van der Waals surface area contributed by atoms with Crippen molar-refractivity contribution in [3.05, 3.63) is 52.4 Å². The van der Waals surface area contributed by atoms with Gasteiger partial charge < -0.3 is 25.8 Å². The smallest absolute Gasteiger partial charge is 0.407 e. The van der Waals surface area contributed by atoms with Crippen LogP contribution in [0.3, 0.4) is 0 Å². The Morgan fingerprint density at radius 3 is 2.86 bits per heavy atom. The molecule has 2 atom stereocenters. The van der Waals surface area contributed by atoms with Crippen molar-refractivity contribution in [3.63, 3.8) is 0 Å². The molecule has 35 heavy (non-hydrogen) atoms. The summed E-state index contributed by atoms with van der Waals surface area (Å²) in [5.41, 5.74) is 5.96. The van der Waals surface area contributed by atoms with Crippen molar-refractivity contribution in [2.24, 2.45) is 5.16 Å². The SMILES string of the molecule is Cc1cccc[n+]1CC1=C(C(=O)[O-])N2C(=O)C(NC(=O)C(=NOC(F)F)c3csc(N)n3)[C@@H]2SC1. The molecule has 4 heterocycles. The number of hydrogen-bond acceptors (Lipinski definition) is 10. The van der Waals surface area contributed by atoms with E-state index in [1.807, 2.05) is 23.6 Å². The molecular weight excluding hydrogens is 506 g/mol. The fourth-order valence-electron chi connectivity index (χ4n) is 3.64. The third-order valence-electron chi connectivity index (χ3n) is 5.26. The number of thioether (sulfide) groups is 1. The number of aromatic nitrogens is 2. The number of oxime groups is 1. The minimum absolute atomic E-state index is 0.0640. The van der Waals surface area contributed by atoms with E-state index in [1.54, 1.807) is 12.3 Å². The Labute approximate surface area is 205 Å². The predicted octanol–water partition coefficient (Wildman–Crippen LogP) is -0.631. The summed E-state index contributed by atoms with van der Waals surface area (Å²) in [6, 6.07) is 4.40. The van der Waals surface area contributed by atoms with E-state index in [0.29, 0.717) is 5.57 Å². The largest absolute Gasteiger partial charge is 0.543 e. The Bertz CT molecular complexity index is 1250. The lowest BCUT2D eigenvalue weighted by molar-refractivity contribution is -0.695. The summed E-state index contributed by atoms with van der Waals surface area (Å²) < 4.78 is 26.8. The van der Waals surface area contributed by atoms with E-state index in [9.17, 15) is 28.3 Å². The molecule has 0 bridgehead atoms. The lowest BCUT2D eigenvalue weighted by Gasteiger charge is -2.50. The number of nitrogens with zero attached hydrogens (tertiary/aromatic N) is 4. The summed E-state index contributed by atoms with van der Waals surface area (Å²) >= 11 is 2.20. The number of thiazole rings is 1. The third kappa shape index (κ3) is 4.95. The molecule has 0 aromatic carbocycles. The first-order valence-electron chi connectivity index (χ1n) is 10.0. The number of carbonyl (C=O) groups is 3. The van der Waals surface area contributed by atoms with Crippen molar-refractivity contribution in [1.29, 1.82) is 0 Å². The molecule has 184 valence electrons. The maximum absolute atomic E-state index is 12.9. The highest BCUT2D eigenvalue weighted by Crippen LogP contribution is 2.40. The first kappa shape index (κ1) is 24.5. The van der Waals surface area contributed by atoms with Crippen LogP contribution in [0.15, 0.2) is 46.2 Å². The molecule has 1 unspecified atom stereocenters. The van der Waals surface area contributed by atoms with Gasteiger partial charge in [0.2, 0.25) is 0 Å². The summed E-state index contributed by atoms with van der Waals surface area (Å²) in [7, 11) is 0. The second-order valence-corrected chi connectivity index (χ2v) is 9.44. The van der Waals surface area contributed by atoms with E-state index in [0.717, 1.165) is 21.9 Å². The maximum atomic E-state index is 12.9. The zero-order valence-electron chi connectivity index (χ0n) is 18.0. The molecule has 2 aliphatic rings. The lowest BCUT2D eigenvalue weighted by Crippen LogP contribution is -2.71. The number of halogens is 2. The summed E-state index contributed by atoms with van der Waals surface area (Å²) in [5, 5.41) is 18.2. The van der Waals surface area contributed by atoms with Gasteiger partial charge in [-0.25, -0.2) is 4.98 Å². The van der Waals surface area contributed by atoms with Gasteiger partial charge in [-0.1, -0.05) is 11.2 Å². The fraction of sp³-hybridized carbons (Fsp3) is 0.300. The van der Waals surface area contributed by atoms with Crippen molar-refractivity contribution >= 4 is 51.7 Å². The number of nitrogens with one attached hydrogen (secondary N) is 1. The minimum atomic E-state index is -3.29. The van der Waals surface area contributed by atoms with Crippen LogP contribution in [0, 0.1) is 6.92 Å². The van der Waals surface area contributed by atoms with Gasteiger partial charge in [-0.2, -0.15) is 13.3 Å². The van der Waals surface area contributed by atoms with Crippen LogP contribution in [-0.2, 0) is 25.8 Å². The van der Waals surface area contributed by atoms with E-state index >= 15 is 0 Å². The monoisotopic (exact) mass is 524 g/mol. The van der Waals surface area contributed by atoms with Gasteiger partial charge in [0.05, 0.1) is 11.7 Å². The van der Waals surface area contributed by atoms with Crippen molar-refractivity contribution in [1.82, 2.24) is 15.2 Å². The summed E-state index contributed by atoms with van der Waals surface area (Å²) in [6.07, 6.45) is 1.79. The number of alkyl halides is 2. The second-order valence-electron chi connectivity index (χ2n) is 7.45. The number of nitrogens with two attached hydrogens (primary N) is 1. The van der Waals surface area contributed by atoms with Gasteiger partial charge in [0.15, 0.2) is 29.3 Å². The van der Waals surface area contributed by atoms with Crippen LogP contribution in [0.25, 0.3) is 0 Å². The lowest BCUT2D eigenvalue weighted by atomic mass is 10.0. The van der Waals surface area contributed by atoms with E-state index in [4.69, 9.17) is 5.73 Å². The number of aliphatic carboxylic acids is 1. The van der Waals surface area contributed by atoms with Gasteiger partial charge in [0.1, 0.15) is 17.1 Å². The molecule has 2 aromatic rings. The number of anilines is 1. The average Bonchev–Trinajstić information content (AvgIpc) is 3.24. The summed E-state index contributed by atoms with van der Waals surface area (Å²) in [4.78, 5) is 46.4. The van der Waals surface area contributed by atoms with Gasteiger partial charge >= 0.3 is 6.61 Å². The highest BCUT2D eigenvalue weighted by atomic mass is 32.2. The van der Waals surface area contributed by atoms with Gasteiger partial charge in [-0.05, 0) is 0 Å². The zero-order valence-corrected chi connectivity index (χ0v) is 19.6. The van der Waals surface area contributed by atoms with Gasteiger partial charge in [0, 0.05) is 35.8 Å². The van der Waals surface area contributed by atoms with Crippen LogP contribution < -0.4 is 20.7 Å². The van der Waals surface area contributed by atoms with Crippen LogP contribution in [-0.4, -0.2) is 57.2 Å². The summed E-state index contributed by atoms with van der Waals surface area (Å²) in [5.74, 6) is -2.93. The molecule has 11 nitrogen and oxygen atoms in total. The molecular formula is C20H18F2N6O5S2. The normalized spacial score (nSPS) is 19.9. The molecule has 0 radical (unpaired) electrons. The van der Waals surface area contributed by atoms with Gasteiger partial charge in [-0.15, -0.1) is 23.1 Å². The van der Waals surface area contributed by atoms with E-state index in [-0.39, 0.29) is 28.8 Å². The number of pyridine rings is 1. The van der Waals surface area contributed by atoms with Crippen molar-refractivity contribution in [2.75, 3.05) is 11.5 Å². The summed E-state index contributed by atoms with van der Waals surface area (Å²) in [6.45, 7) is -1.18. The number of carboxylic acids is 1. The molecule has 0 saturated carbocycles. The first-order chi connectivity index (χ1) is 16.7. The Morgan fingerprint density at radius 2 is 2.23 bits per heavy atom. The number of carbonyl (C=O) groups excluding carboxylic acids is 3. The molecule has 2 amide bonds. The van der Waals surface area contributed by atoms with E-state index in [1.165, 1.54) is 17.1 Å². The Hall–Kier alpha value is -3.59. The van der Waals surface area contributed by atoms with Crippen molar-refractivity contribution < 1.29 is 37.7 Å². The van der Waals surface area contributed by atoms with Gasteiger partial charge in [-0.3, -0.25) is 14.5 Å². The number of fused-ring (bicyclic) bond motifs is 1. The Kier molecular flexibility index (Phi) is 6.98. The van der Waals surface area contributed by atoms with Crippen molar-refractivity contribution in [2.45, 2.75) is 31.5 Å². The van der Waals surface area contributed by atoms with E-state index in [2.05, 4.69) is 20.3 Å². The third-order valence-corrected chi connectivity index (χ3v) is 7.27. The molecule has 1 saturated heterocycles. The van der Waals surface area contributed by atoms with E-state index < -0.39 is 41.5 Å². The molecule has 0 aliphatic carbocycles. The van der Waals surface area contributed by atoms with Crippen LogP contribution in [0.2, 0.25) is 0 Å². The molecule has 1 fully saturated rings. The van der Waals surface area contributed by atoms with Crippen LogP contribution >= 0.6 is 23.1 Å². The number of hydrogen-bond donors (Lipinski definition) is 2. The fourth-order valence-corrected chi connectivity index (χ4v) is 5.52. The van der Waals surface area contributed by atoms with Crippen LogP contribution in [0.5, 0.6) is 0 Å². The Balaban J connectivity index is 1.55. The quantitative estimate of drug-likeness (QED) is 0.200.